The minimum Gasteiger partial charge on any atom is -0.457 e. The maximum Gasteiger partial charge on any atom is 0.127 e. The molecule has 4 aliphatic carbocycles. The number of anilines is 2. The maximum absolute atomic E-state index is 6.26. The fourth-order valence-electron chi connectivity index (χ4n) is 15.1. The van der Waals surface area contributed by atoms with E-state index in [0.717, 1.165) is 100 Å². The van der Waals surface area contributed by atoms with Crippen molar-refractivity contribution in [1.29, 1.82) is 0 Å². The fraction of sp³-hybridized carbons (Fsp3) is 0.623. The molecule has 10 atom stereocenters. The molecule has 4 aromatic rings. The molecule has 3 saturated carbocycles. The van der Waals surface area contributed by atoms with Crippen LogP contribution in [0.2, 0.25) is 0 Å². The Morgan fingerprint density at radius 3 is 1.51 bits per heavy atom. The summed E-state index contributed by atoms with van der Waals surface area (Å²) >= 11 is 0. The third-order valence-corrected chi connectivity index (χ3v) is 19.9. The molecule has 0 heterocycles. The van der Waals surface area contributed by atoms with Crippen LogP contribution in [0.4, 0.5) is 11.4 Å². The van der Waals surface area contributed by atoms with Gasteiger partial charge in [-0.05, 0) is 211 Å². The number of fused-ring (bicyclic) bond motifs is 5. The van der Waals surface area contributed by atoms with Gasteiger partial charge in [-0.15, -0.1) is 0 Å². The van der Waals surface area contributed by atoms with Crippen LogP contribution < -0.4 is 20.9 Å². The first kappa shape index (κ1) is 58.1. The fourth-order valence-corrected chi connectivity index (χ4v) is 15.1. The average molecular weight is 994 g/mol. The van der Waals surface area contributed by atoms with E-state index in [0.29, 0.717) is 22.2 Å². The topological polar surface area (TPSA) is 70.5 Å². The van der Waals surface area contributed by atoms with Crippen molar-refractivity contribution in [1.82, 2.24) is 0 Å². The van der Waals surface area contributed by atoms with E-state index in [2.05, 4.69) is 144 Å². The Hall–Kier alpha value is -4.18. The third-order valence-electron chi connectivity index (χ3n) is 19.9. The molecule has 10 unspecified atom stereocenters. The molecule has 4 N–H and O–H groups in total. The summed E-state index contributed by atoms with van der Waals surface area (Å²) in [7, 11) is 0. The van der Waals surface area contributed by atoms with E-state index in [1.54, 1.807) is 0 Å². The predicted octanol–water partition coefficient (Wildman–Crippen LogP) is 20.6. The molecule has 8 rings (SSSR count). The van der Waals surface area contributed by atoms with Crippen LogP contribution in [0.25, 0.3) is 0 Å². The minimum atomic E-state index is -0.117. The van der Waals surface area contributed by atoms with Gasteiger partial charge in [0.15, 0.2) is 0 Å². The first-order valence-corrected chi connectivity index (χ1v) is 29.7. The van der Waals surface area contributed by atoms with Crippen molar-refractivity contribution in [2.45, 2.75) is 199 Å². The number of rotatable bonds is 19. The van der Waals surface area contributed by atoms with E-state index in [1.807, 2.05) is 62.4 Å². The summed E-state index contributed by atoms with van der Waals surface area (Å²) in [5, 5.41) is 0. The van der Waals surface area contributed by atoms with Gasteiger partial charge in [0.2, 0.25) is 0 Å². The van der Waals surface area contributed by atoms with Gasteiger partial charge in [0.1, 0.15) is 23.0 Å². The highest BCUT2D eigenvalue weighted by molar-refractivity contribution is 5.48. The van der Waals surface area contributed by atoms with Gasteiger partial charge in [0.05, 0.1) is 0 Å². The van der Waals surface area contributed by atoms with Gasteiger partial charge < -0.3 is 20.9 Å². The highest BCUT2D eigenvalue weighted by Gasteiger charge is 2.61. The van der Waals surface area contributed by atoms with Crippen molar-refractivity contribution < 1.29 is 9.47 Å². The Kier molecular flexibility index (Phi) is 20.3. The lowest BCUT2D eigenvalue weighted by Gasteiger charge is -2.61. The molecule has 0 aliphatic heterocycles. The van der Waals surface area contributed by atoms with E-state index >= 15 is 0 Å². The zero-order chi connectivity index (χ0) is 53.1. The number of hydrogen-bond acceptors (Lipinski definition) is 4. The van der Waals surface area contributed by atoms with Crippen molar-refractivity contribution in [3.8, 4) is 23.0 Å². The van der Waals surface area contributed by atoms with Crippen LogP contribution in [-0.4, -0.2) is 0 Å². The Morgan fingerprint density at radius 1 is 0.562 bits per heavy atom. The highest BCUT2D eigenvalue weighted by Crippen LogP contribution is 2.68. The zero-order valence-electron chi connectivity index (χ0n) is 48.7. The number of ether oxygens (including phenoxy) is 2. The molecular formula is C69H104N2O2. The lowest BCUT2D eigenvalue weighted by molar-refractivity contribution is -0.0720. The molecule has 3 fully saturated rings. The van der Waals surface area contributed by atoms with Gasteiger partial charge in [-0.2, -0.15) is 0 Å². The largest absolute Gasteiger partial charge is 0.457 e. The maximum atomic E-state index is 6.26. The molecular weight excluding hydrogens is 889 g/mol. The average Bonchev–Trinajstić information content (AvgIpc) is 3.73. The zero-order valence-corrected chi connectivity index (χ0v) is 48.7. The van der Waals surface area contributed by atoms with Crippen LogP contribution in [0.15, 0.2) is 109 Å². The van der Waals surface area contributed by atoms with E-state index in [4.69, 9.17) is 20.9 Å². The Labute approximate surface area is 447 Å². The Bertz CT molecular complexity index is 2180. The molecule has 0 spiro atoms. The summed E-state index contributed by atoms with van der Waals surface area (Å²) in [6.07, 6.45) is 25.6. The van der Waals surface area contributed by atoms with Crippen LogP contribution in [-0.2, 0) is 5.41 Å². The number of nitrogens with two attached hydrogens (primary N) is 2. The van der Waals surface area contributed by atoms with Crippen molar-refractivity contribution in [3.63, 3.8) is 0 Å². The van der Waals surface area contributed by atoms with E-state index < -0.39 is 0 Å². The molecule has 0 saturated heterocycles. The lowest BCUT2D eigenvalue weighted by Crippen LogP contribution is -2.54. The molecule has 73 heavy (non-hydrogen) atoms. The number of hydrogen-bond donors (Lipinski definition) is 2. The number of allylic oxidation sites excluding steroid dienone is 2. The smallest absolute Gasteiger partial charge is 0.127 e. The van der Waals surface area contributed by atoms with Crippen molar-refractivity contribution >= 4 is 11.4 Å². The van der Waals surface area contributed by atoms with Gasteiger partial charge in [-0.1, -0.05) is 178 Å². The molecule has 4 aliphatic rings. The Balaban J connectivity index is 0.000000415. The minimum absolute atomic E-state index is 0.117. The van der Waals surface area contributed by atoms with Crippen LogP contribution in [0, 0.1) is 75.4 Å². The first-order valence-electron chi connectivity index (χ1n) is 29.7. The summed E-state index contributed by atoms with van der Waals surface area (Å²) in [5.74, 6) is 11.2. The monoisotopic (exact) mass is 993 g/mol. The van der Waals surface area contributed by atoms with Crippen LogP contribution in [0.5, 0.6) is 23.0 Å². The number of nitrogen functional groups attached to an aromatic ring is 2. The van der Waals surface area contributed by atoms with Gasteiger partial charge in [0, 0.05) is 16.8 Å². The van der Waals surface area contributed by atoms with E-state index in [9.17, 15) is 0 Å². The molecule has 0 amide bonds. The van der Waals surface area contributed by atoms with Gasteiger partial charge in [-0.25, -0.2) is 0 Å². The lowest BCUT2D eigenvalue weighted by atomic mass is 9.43. The van der Waals surface area contributed by atoms with Gasteiger partial charge >= 0.3 is 0 Å². The van der Waals surface area contributed by atoms with E-state index in [1.165, 1.54) is 94.6 Å². The number of benzene rings is 4. The highest BCUT2D eigenvalue weighted by atomic mass is 16.5. The third kappa shape index (κ3) is 13.8. The second-order valence-corrected chi connectivity index (χ2v) is 25.8. The molecule has 4 nitrogen and oxygen atoms in total. The molecule has 0 aromatic heterocycles. The molecule has 4 aromatic carbocycles. The molecule has 402 valence electrons. The Morgan fingerprint density at radius 2 is 1.03 bits per heavy atom. The molecule has 0 radical (unpaired) electrons. The summed E-state index contributed by atoms with van der Waals surface area (Å²) < 4.78 is 12.5. The second kappa shape index (κ2) is 25.6. The van der Waals surface area contributed by atoms with Crippen molar-refractivity contribution in [2.75, 3.05) is 11.5 Å². The molecule has 0 bridgehead atoms. The van der Waals surface area contributed by atoms with Crippen molar-refractivity contribution in [2.24, 2.45) is 75.4 Å². The van der Waals surface area contributed by atoms with Crippen LogP contribution >= 0.6 is 0 Å². The molecule has 4 heteroatoms. The summed E-state index contributed by atoms with van der Waals surface area (Å²) in [4.78, 5) is 0. The van der Waals surface area contributed by atoms with Crippen LogP contribution in [0.1, 0.15) is 204 Å². The summed E-state index contributed by atoms with van der Waals surface area (Å²) in [6, 6.07) is 33.1. The summed E-state index contributed by atoms with van der Waals surface area (Å²) in [5.41, 5.74) is 17.3. The predicted molar refractivity (Wildman–Crippen MR) is 316 cm³/mol. The van der Waals surface area contributed by atoms with Crippen LogP contribution in [0.3, 0.4) is 0 Å². The van der Waals surface area contributed by atoms with Gasteiger partial charge in [-0.3, -0.25) is 0 Å². The summed E-state index contributed by atoms with van der Waals surface area (Å²) in [6.45, 7) is 33.5. The standard InChI is InChI=1S/C51H64N2O2.C16H34.C2H6/c1-34(2)7-6-8-35(3)46-27-28-47-45-26-13-38-33-51(32-31-49(38,4)48(45)29-30-50(46,47)5,36-9-18-41(19-10-36)54-43-22-14-39(52)15-23-43)37-11-20-42(21-12-37)55-44-24-16-40(53)17-25-44;1-8-12-16(6,7)15(5)14(4)11-9-10-13(2)3;1-2/h9-26,34-35,38,45-48H,6-8,27-33,52-53H2,1-5H3;13-15H,8-12H2,1-7H3;1-2H3. The van der Waals surface area contributed by atoms with E-state index in [-0.39, 0.29) is 5.41 Å². The quantitative estimate of drug-likeness (QED) is 0.0725. The van der Waals surface area contributed by atoms with Crippen molar-refractivity contribution in [3.05, 3.63) is 120 Å². The second-order valence-electron chi connectivity index (χ2n) is 25.8. The SMILES string of the molecule is CC.CC(C)CCCC(C)C1CCC2C3C=CC4CC(c5ccc(Oc6ccc(N)cc6)cc5)(c5ccc(Oc6ccc(N)cc6)cc5)CCC4(C)C3CCC12C.CCCC(C)(C)C(C)C(C)CCCC(C)C. The normalized spacial score (nSPS) is 26.2. The first-order chi connectivity index (χ1) is 34.8. The van der Waals surface area contributed by atoms with Gasteiger partial charge in [0.25, 0.3) is 0 Å².